The Hall–Kier alpha value is -2.58. The average molecular weight is 439 g/mol. The third kappa shape index (κ3) is 5.31. The van der Waals surface area contributed by atoms with E-state index in [0.29, 0.717) is 16.0 Å². The Kier molecular flexibility index (Phi) is 6.67. The molecule has 0 fully saturated rings. The molecule has 0 aliphatic rings. The number of alkyl halides is 3. The van der Waals surface area contributed by atoms with Gasteiger partial charge >= 0.3 is 6.18 Å². The summed E-state index contributed by atoms with van der Waals surface area (Å²) in [5, 5.41) is 10.9. The zero-order valence-corrected chi connectivity index (χ0v) is 17.3. The van der Waals surface area contributed by atoms with Gasteiger partial charge in [0.15, 0.2) is 0 Å². The van der Waals surface area contributed by atoms with Crippen molar-refractivity contribution in [3.63, 3.8) is 0 Å². The molecule has 0 radical (unpaired) electrons. The molecule has 5 nitrogen and oxygen atoms in total. The van der Waals surface area contributed by atoms with Crippen molar-refractivity contribution in [2.75, 3.05) is 20.1 Å². The van der Waals surface area contributed by atoms with Crippen molar-refractivity contribution >= 4 is 28.4 Å². The van der Waals surface area contributed by atoms with Gasteiger partial charge in [-0.15, -0.1) is 0 Å². The maximum absolute atomic E-state index is 12.9. The van der Waals surface area contributed by atoms with Gasteiger partial charge in [0.2, 0.25) is 0 Å². The summed E-state index contributed by atoms with van der Waals surface area (Å²) in [6.45, 7) is 1.78. The SMILES string of the molecule is Cc1ccc2[nH]ncc2c1C(=O)NCC(c1ccc(Cl)cc1)N(C)CCC(F)(F)F. The van der Waals surface area contributed by atoms with E-state index in [-0.39, 0.29) is 19.0 Å². The number of benzene rings is 2. The molecule has 3 rings (SSSR count). The highest BCUT2D eigenvalue weighted by atomic mass is 35.5. The summed E-state index contributed by atoms with van der Waals surface area (Å²) in [5.41, 5.74) is 2.79. The van der Waals surface area contributed by atoms with Crippen LogP contribution in [-0.2, 0) is 0 Å². The number of aromatic nitrogens is 2. The largest absolute Gasteiger partial charge is 0.390 e. The van der Waals surface area contributed by atoms with Crippen molar-refractivity contribution in [2.24, 2.45) is 0 Å². The van der Waals surface area contributed by atoms with Crippen molar-refractivity contribution in [1.29, 1.82) is 0 Å². The second-order valence-electron chi connectivity index (χ2n) is 7.21. The lowest BCUT2D eigenvalue weighted by molar-refractivity contribution is -0.138. The Balaban J connectivity index is 1.80. The summed E-state index contributed by atoms with van der Waals surface area (Å²) in [7, 11) is 1.61. The lowest BCUT2D eigenvalue weighted by Crippen LogP contribution is -2.37. The van der Waals surface area contributed by atoms with E-state index in [2.05, 4.69) is 15.5 Å². The number of hydrogen-bond donors (Lipinski definition) is 2. The number of nitrogens with one attached hydrogen (secondary N) is 2. The molecule has 160 valence electrons. The van der Waals surface area contributed by atoms with Crippen LogP contribution in [0.2, 0.25) is 5.02 Å². The maximum Gasteiger partial charge on any atom is 0.390 e. The molecule has 0 saturated heterocycles. The number of hydrogen-bond acceptors (Lipinski definition) is 3. The molecule has 0 spiro atoms. The summed E-state index contributed by atoms with van der Waals surface area (Å²) in [6, 6.07) is 10.1. The first kappa shape index (κ1) is 22.1. The first-order valence-electron chi connectivity index (χ1n) is 9.39. The number of likely N-dealkylation sites (N-methyl/N-ethyl adjacent to an activating group) is 1. The molecule has 30 heavy (non-hydrogen) atoms. The van der Waals surface area contributed by atoms with Crippen LogP contribution in [0.3, 0.4) is 0 Å². The molecular formula is C21H22ClF3N4O. The summed E-state index contributed by atoms with van der Waals surface area (Å²) < 4.78 is 38.1. The van der Waals surface area contributed by atoms with Gasteiger partial charge in [-0.3, -0.25) is 14.8 Å². The monoisotopic (exact) mass is 438 g/mol. The van der Waals surface area contributed by atoms with Crippen LogP contribution >= 0.6 is 11.6 Å². The molecular weight excluding hydrogens is 417 g/mol. The molecule has 1 aromatic heterocycles. The molecule has 3 aromatic rings. The Labute approximate surface area is 177 Å². The van der Waals surface area contributed by atoms with Gasteiger partial charge in [-0.05, 0) is 43.3 Å². The standard InChI is InChI=1S/C21H22ClF3N4O/c1-13-3-8-17-16(11-27-28-17)19(13)20(30)26-12-18(14-4-6-15(22)7-5-14)29(2)10-9-21(23,24)25/h3-8,11,18H,9-10,12H2,1-2H3,(H,26,30)(H,27,28). The lowest BCUT2D eigenvalue weighted by atomic mass is 10.0. The number of H-pyrrole nitrogens is 1. The first-order valence-corrected chi connectivity index (χ1v) is 9.77. The fraction of sp³-hybridized carbons (Fsp3) is 0.333. The molecule has 0 aliphatic heterocycles. The van der Waals surface area contributed by atoms with Crippen LogP contribution in [0.25, 0.3) is 10.9 Å². The van der Waals surface area contributed by atoms with E-state index in [1.54, 1.807) is 42.4 Å². The second-order valence-corrected chi connectivity index (χ2v) is 7.65. The average Bonchev–Trinajstić information content (AvgIpc) is 3.15. The highest BCUT2D eigenvalue weighted by Gasteiger charge is 2.29. The minimum atomic E-state index is -4.25. The van der Waals surface area contributed by atoms with E-state index < -0.39 is 18.6 Å². The van der Waals surface area contributed by atoms with Crippen molar-refractivity contribution in [2.45, 2.75) is 25.6 Å². The summed E-state index contributed by atoms with van der Waals surface area (Å²) in [4.78, 5) is 14.5. The van der Waals surface area contributed by atoms with Crippen molar-refractivity contribution in [3.8, 4) is 0 Å². The molecule has 0 bridgehead atoms. The van der Waals surface area contributed by atoms with Gasteiger partial charge in [0.1, 0.15) is 0 Å². The molecule has 1 atom stereocenters. The van der Waals surface area contributed by atoms with E-state index in [1.807, 2.05) is 19.1 Å². The highest BCUT2D eigenvalue weighted by molar-refractivity contribution is 6.30. The lowest BCUT2D eigenvalue weighted by Gasteiger charge is -2.29. The number of carbonyl (C=O) groups is 1. The van der Waals surface area contributed by atoms with Crippen molar-refractivity contribution in [1.82, 2.24) is 20.4 Å². The third-order valence-corrected chi connectivity index (χ3v) is 5.30. The molecule has 1 amide bonds. The van der Waals surface area contributed by atoms with Crippen LogP contribution in [0, 0.1) is 6.92 Å². The van der Waals surface area contributed by atoms with Crippen LogP contribution in [0.1, 0.15) is 33.9 Å². The quantitative estimate of drug-likeness (QED) is 0.552. The number of nitrogens with zero attached hydrogens (tertiary/aromatic N) is 2. The Morgan fingerprint density at radius 2 is 1.93 bits per heavy atom. The highest BCUT2D eigenvalue weighted by Crippen LogP contribution is 2.26. The van der Waals surface area contributed by atoms with Crippen molar-refractivity contribution < 1.29 is 18.0 Å². The Morgan fingerprint density at radius 3 is 2.60 bits per heavy atom. The normalized spacial score (nSPS) is 13.0. The summed E-state index contributed by atoms with van der Waals surface area (Å²) in [5.74, 6) is -0.303. The number of amides is 1. The molecule has 2 aromatic carbocycles. The smallest absolute Gasteiger partial charge is 0.350 e. The minimum absolute atomic E-state index is 0.141. The maximum atomic E-state index is 12.9. The number of rotatable bonds is 7. The Bertz CT molecular complexity index is 1020. The van der Waals surface area contributed by atoms with Crippen LogP contribution in [0.15, 0.2) is 42.6 Å². The van der Waals surface area contributed by atoms with E-state index in [0.717, 1.165) is 16.6 Å². The molecule has 0 aliphatic carbocycles. The molecule has 0 saturated carbocycles. The molecule has 1 heterocycles. The fourth-order valence-electron chi connectivity index (χ4n) is 3.38. The molecule has 9 heteroatoms. The van der Waals surface area contributed by atoms with Gasteiger partial charge in [0, 0.05) is 23.5 Å². The summed E-state index contributed by atoms with van der Waals surface area (Å²) >= 11 is 5.95. The van der Waals surface area contributed by atoms with E-state index in [1.165, 1.54) is 0 Å². The molecule has 1 unspecified atom stereocenters. The van der Waals surface area contributed by atoms with Gasteiger partial charge in [-0.25, -0.2) is 0 Å². The summed E-state index contributed by atoms with van der Waals surface area (Å²) in [6.07, 6.45) is -3.60. The number of carbonyl (C=O) groups excluding carboxylic acids is 1. The topological polar surface area (TPSA) is 61.0 Å². The zero-order chi connectivity index (χ0) is 21.9. The number of fused-ring (bicyclic) bond motifs is 1. The first-order chi connectivity index (χ1) is 14.2. The van der Waals surface area contributed by atoms with Gasteiger partial charge in [0.25, 0.3) is 5.91 Å². The fourth-order valence-corrected chi connectivity index (χ4v) is 3.50. The van der Waals surface area contributed by atoms with Crippen molar-refractivity contribution in [3.05, 3.63) is 64.3 Å². The van der Waals surface area contributed by atoms with Gasteiger partial charge in [0.05, 0.1) is 29.7 Å². The van der Waals surface area contributed by atoms with E-state index in [4.69, 9.17) is 11.6 Å². The van der Waals surface area contributed by atoms with E-state index >= 15 is 0 Å². The van der Waals surface area contributed by atoms with Crippen LogP contribution in [0.5, 0.6) is 0 Å². The predicted molar refractivity (Wildman–Crippen MR) is 111 cm³/mol. The van der Waals surface area contributed by atoms with Gasteiger partial charge < -0.3 is 5.32 Å². The number of halogens is 4. The minimum Gasteiger partial charge on any atom is -0.350 e. The van der Waals surface area contributed by atoms with Gasteiger partial charge in [-0.1, -0.05) is 29.8 Å². The molecule has 2 N–H and O–H groups in total. The van der Waals surface area contributed by atoms with Gasteiger partial charge in [-0.2, -0.15) is 18.3 Å². The van der Waals surface area contributed by atoms with Crippen LogP contribution in [-0.4, -0.2) is 47.3 Å². The number of aryl methyl sites for hydroxylation is 1. The van der Waals surface area contributed by atoms with E-state index in [9.17, 15) is 18.0 Å². The zero-order valence-electron chi connectivity index (χ0n) is 16.6. The van der Waals surface area contributed by atoms with Crippen LogP contribution in [0.4, 0.5) is 13.2 Å². The number of aromatic amines is 1. The Morgan fingerprint density at radius 1 is 1.23 bits per heavy atom. The predicted octanol–water partition coefficient (Wildman–Crippen LogP) is 4.88. The third-order valence-electron chi connectivity index (χ3n) is 5.05. The van der Waals surface area contributed by atoms with Crippen LogP contribution < -0.4 is 5.32 Å². The second kappa shape index (κ2) is 9.06.